The summed E-state index contributed by atoms with van der Waals surface area (Å²) < 4.78 is 16.0. The lowest BCUT2D eigenvalue weighted by molar-refractivity contribution is 0.452. The molecule has 0 unspecified atom stereocenters. The van der Waals surface area contributed by atoms with Gasteiger partial charge >= 0.3 is 0 Å². The van der Waals surface area contributed by atoms with E-state index in [1.165, 1.54) is 17.4 Å². The van der Waals surface area contributed by atoms with Crippen LogP contribution in [0.25, 0.3) is 11.0 Å². The van der Waals surface area contributed by atoms with Crippen molar-refractivity contribution in [2.24, 2.45) is 0 Å². The molecule has 3 aromatic rings. The third kappa shape index (κ3) is 1.92. The van der Waals surface area contributed by atoms with Crippen LogP contribution in [0.1, 0.15) is 18.9 Å². The first-order valence-corrected chi connectivity index (χ1v) is 7.62. The highest BCUT2D eigenvalue weighted by molar-refractivity contribution is 9.10. The number of aromatic nitrogens is 3. The predicted molar refractivity (Wildman–Crippen MR) is 82.3 cm³/mol. The summed E-state index contributed by atoms with van der Waals surface area (Å²) in [4.78, 5) is 8.66. The van der Waals surface area contributed by atoms with Crippen molar-refractivity contribution in [3.63, 3.8) is 0 Å². The number of hydrogen-bond donors (Lipinski definition) is 1. The van der Waals surface area contributed by atoms with Gasteiger partial charge in [0.2, 0.25) is 5.95 Å². The monoisotopic (exact) mass is 354 g/mol. The van der Waals surface area contributed by atoms with Crippen LogP contribution >= 0.6 is 27.3 Å². The van der Waals surface area contributed by atoms with Crippen molar-refractivity contribution in [2.45, 2.75) is 19.4 Å². The summed E-state index contributed by atoms with van der Waals surface area (Å²) in [5.74, 6) is 0.00582. The molecule has 2 N–H and O–H groups in total. The molecule has 0 radical (unpaired) electrons. The Labute approximate surface area is 127 Å². The van der Waals surface area contributed by atoms with Crippen molar-refractivity contribution < 1.29 is 4.39 Å². The molecule has 0 bridgehead atoms. The van der Waals surface area contributed by atoms with E-state index in [4.69, 9.17) is 5.73 Å². The van der Waals surface area contributed by atoms with Gasteiger partial charge in [0.25, 0.3) is 0 Å². The lowest BCUT2D eigenvalue weighted by Gasteiger charge is -2.26. The van der Waals surface area contributed by atoms with Crippen LogP contribution in [0.5, 0.6) is 0 Å². The van der Waals surface area contributed by atoms with Gasteiger partial charge in [-0.25, -0.2) is 14.4 Å². The SMILES string of the molecule is CC(C)(c1nccs1)n1c(N)nc2cc(Br)c(F)cc21. The number of nitrogens with zero attached hydrogens (tertiary/aromatic N) is 3. The van der Waals surface area contributed by atoms with Crippen molar-refractivity contribution >= 4 is 44.2 Å². The second kappa shape index (κ2) is 4.53. The summed E-state index contributed by atoms with van der Waals surface area (Å²) in [5.41, 5.74) is 6.85. The number of fused-ring (bicyclic) bond motifs is 1. The molecular weight excluding hydrogens is 343 g/mol. The fourth-order valence-electron chi connectivity index (χ4n) is 2.30. The van der Waals surface area contributed by atoms with Crippen LogP contribution in [0.2, 0.25) is 0 Å². The van der Waals surface area contributed by atoms with Gasteiger partial charge in [0.1, 0.15) is 10.8 Å². The van der Waals surface area contributed by atoms with Crippen LogP contribution in [0.4, 0.5) is 10.3 Å². The molecule has 0 saturated carbocycles. The second-order valence-corrected chi connectivity index (χ2v) is 6.71. The van der Waals surface area contributed by atoms with Gasteiger partial charge in [0.05, 0.1) is 21.0 Å². The standard InChI is InChI=1S/C13H12BrFN4S/c1-13(2,11-17-3-4-20-11)19-10-6-8(15)7(14)5-9(10)18-12(19)16/h3-6H,1-2H3,(H2,16,18). The maximum Gasteiger partial charge on any atom is 0.202 e. The Morgan fingerprint density at radius 3 is 2.80 bits per heavy atom. The molecule has 0 fully saturated rings. The Morgan fingerprint density at radius 2 is 2.15 bits per heavy atom. The van der Waals surface area contributed by atoms with E-state index in [0.717, 1.165) is 5.01 Å². The van der Waals surface area contributed by atoms with Gasteiger partial charge in [-0.15, -0.1) is 11.3 Å². The summed E-state index contributed by atoms with van der Waals surface area (Å²) in [6.45, 7) is 3.98. The fourth-order valence-corrected chi connectivity index (χ4v) is 3.38. The maximum absolute atomic E-state index is 13.8. The van der Waals surface area contributed by atoms with Crippen LogP contribution in [0.3, 0.4) is 0 Å². The van der Waals surface area contributed by atoms with Crippen molar-refractivity contribution in [2.75, 3.05) is 5.73 Å². The summed E-state index contributed by atoms with van der Waals surface area (Å²) in [6, 6.07) is 3.08. The normalized spacial score (nSPS) is 12.2. The molecule has 1 aromatic carbocycles. The van der Waals surface area contributed by atoms with E-state index < -0.39 is 5.54 Å². The Bertz CT molecular complexity index is 779. The van der Waals surface area contributed by atoms with Crippen molar-refractivity contribution in [1.82, 2.24) is 14.5 Å². The van der Waals surface area contributed by atoms with Crippen molar-refractivity contribution in [1.29, 1.82) is 0 Å². The third-order valence-electron chi connectivity index (χ3n) is 3.24. The molecule has 2 heterocycles. The average Bonchev–Trinajstić information content (AvgIpc) is 2.97. The second-order valence-electron chi connectivity index (χ2n) is 4.96. The van der Waals surface area contributed by atoms with E-state index in [0.29, 0.717) is 21.5 Å². The minimum Gasteiger partial charge on any atom is -0.369 e. The zero-order chi connectivity index (χ0) is 14.5. The van der Waals surface area contributed by atoms with Crippen LogP contribution in [-0.4, -0.2) is 14.5 Å². The number of imidazole rings is 1. The van der Waals surface area contributed by atoms with Crippen LogP contribution in [0.15, 0.2) is 28.2 Å². The Kier molecular flexibility index (Phi) is 3.06. The molecular formula is C13H12BrFN4S. The van der Waals surface area contributed by atoms with Gasteiger partial charge in [-0.3, -0.25) is 4.57 Å². The molecule has 0 atom stereocenters. The molecule has 2 aromatic heterocycles. The van der Waals surface area contributed by atoms with Crippen LogP contribution in [-0.2, 0) is 5.54 Å². The first-order chi connectivity index (χ1) is 9.41. The average molecular weight is 355 g/mol. The number of halogens is 2. The number of thiazole rings is 1. The summed E-state index contributed by atoms with van der Waals surface area (Å²) in [5, 5.41) is 2.80. The number of benzene rings is 1. The van der Waals surface area contributed by atoms with Gasteiger partial charge in [0.15, 0.2) is 0 Å². The molecule has 0 aliphatic carbocycles. The summed E-state index contributed by atoms with van der Waals surface area (Å²) in [7, 11) is 0. The van der Waals surface area contributed by atoms with Crippen molar-refractivity contribution in [3.05, 3.63) is 39.0 Å². The smallest absolute Gasteiger partial charge is 0.202 e. The highest BCUT2D eigenvalue weighted by atomic mass is 79.9. The third-order valence-corrected chi connectivity index (χ3v) is 4.93. The van der Waals surface area contributed by atoms with Gasteiger partial charge in [0, 0.05) is 17.6 Å². The van der Waals surface area contributed by atoms with Gasteiger partial charge < -0.3 is 5.73 Å². The lowest BCUT2D eigenvalue weighted by atomic mass is 10.1. The van der Waals surface area contributed by atoms with E-state index in [9.17, 15) is 4.39 Å². The molecule has 0 amide bonds. The first-order valence-electron chi connectivity index (χ1n) is 5.94. The highest BCUT2D eigenvalue weighted by Crippen LogP contribution is 2.34. The number of anilines is 1. The van der Waals surface area contributed by atoms with E-state index in [1.54, 1.807) is 12.3 Å². The van der Waals surface area contributed by atoms with Gasteiger partial charge in [-0.05, 0) is 35.8 Å². The van der Waals surface area contributed by atoms with Crippen molar-refractivity contribution in [3.8, 4) is 0 Å². The molecule has 7 heteroatoms. The zero-order valence-corrected chi connectivity index (χ0v) is 13.3. The van der Waals surface area contributed by atoms with E-state index >= 15 is 0 Å². The van der Waals surface area contributed by atoms with Crippen LogP contribution in [0, 0.1) is 5.82 Å². The Morgan fingerprint density at radius 1 is 1.40 bits per heavy atom. The van der Waals surface area contributed by atoms with E-state index in [2.05, 4.69) is 25.9 Å². The lowest BCUT2D eigenvalue weighted by Crippen LogP contribution is -2.28. The first kappa shape index (κ1) is 13.5. The minimum absolute atomic E-state index is 0.339. The Hall–Kier alpha value is -1.47. The minimum atomic E-state index is -0.493. The number of nitrogen functional groups attached to an aromatic ring is 1. The van der Waals surface area contributed by atoms with E-state index in [1.807, 2.05) is 23.8 Å². The summed E-state index contributed by atoms with van der Waals surface area (Å²) >= 11 is 4.70. The molecule has 3 rings (SSSR count). The number of hydrogen-bond acceptors (Lipinski definition) is 4. The Balaban J connectivity index is 2.31. The number of nitrogens with two attached hydrogens (primary N) is 1. The zero-order valence-electron chi connectivity index (χ0n) is 10.9. The van der Waals surface area contributed by atoms with E-state index in [-0.39, 0.29) is 5.82 Å². The largest absolute Gasteiger partial charge is 0.369 e. The predicted octanol–water partition coefficient (Wildman–Crippen LogP) is 3.76. The molecule has 4 nitrogen and oxygen atoms in total. The van der Waals surface area contributed by atoms with Gasteiger partial charge in [-0.1, -0.05) is 0 Å². The molecule has 104 valence electrons. The summed E-state index contributed by atoms with van der Waals surface area (Å²) in [6.07, 6.45) is 1.74. The van der Waals surface area contributed by atoms with Crippen LogP contribution < -0.4 is 5.73 Å². The molecule has 0 aliphatic rings. The number of rotatable bonds is 2. The molecule has 0 spiro atoms. The van der Waals surface area contributed by atoms with Gasteiger partial charge in [-0.2, -0.15) is 0 Å². The molecule has 20 heavy (non-hydrogen) atoms. The molecule has 0 aliphatic heterocycles. The topological polar surface area (TPSA) is 56.7 Å². The highest BCUT2D eigenvalue weighted by Gasteiger charge is 2.30. The molecule has 0 saturated heterocycles. The maximum atomic E-state index is 13.8. The fraction of sp³-hybridized carbons (Fsp3) is 0.231. The quantitative estimate of drug-likeness (QED) is 0.762.